The molecule has 0 aliphatic carbocycles. The van der Waals surface area contributed by atoms with E-state index in [1.807, 2.05) is 14.1 Å². The fourth-order valence-corrected chi connectivity index (χ4v) is 3.61. The van der Waals surface area contributed by atoms with Gasteiger partial charge in [-0.05, 0) is 33.9 Å². The molecular formula is C13H21N3O3S. The molecule has 1 aromatic heterocycles. The lowest BCUT2D eigenvalue weighted by atomic mass is 10.1. The van der Waals surface area contributed by atoms with Gasteiger partial charge in [0.2, 0.25) is 0 Å². The number of rotatable bonds is 4. The Morgan fingerprint density at radius 1 is 1.60 bits per heavy atom. The van der Waals surface area contributed by atoms with E-state index in [1.54, 1.807) is 6.92 Å². The van der Waals surface area contributed by atoms with Crippen LogP contribution in [-0.2, 0) is 0 Å². The largest absolute Gasteiger partial charge is 0.388 e. The maximum absolute atomic E-state index is 11.2. The number of aliphatic hydroxyl groups is 1. The molecule has 1 fully saturated rings. The third-order valence-electron chi connectivity index (χ3n) is 3.74. The highest BCUT2D eigenvalue weighted by Gasteiger charge is 2.29. The highest BCUT2D eigenvalue weighted by atomic mass is 32.1. The van der Waals surface area contributed by atoms with Crippen LogP contribution in [0.2, 0.25) is 0 Å². The zero-order valence-corrected chi connectivity index (χ0v) is 12.9. The molecule has 1 aliphatic heterocycles. The van der Waals surface area contributed by atoms with Gasteiger partial charge in [0.25, 0.3) is 0 Å². The third-order valence-corrected chi connectivity index (χ3v) is 5.09. The van der Waals surface area contributed by atoms with E-state index in [4.69, 9.17) is 0 Å². The molecule has 1 aliphatic rings. The molecule has 20 heavy (non-hydrogen) atoms. The molecule has 1 saturated heterocycles. The first-order chi connectivity index (χ1) is 9.40. The third kappa shape index (κ3) is 3.11. The van der Waals surface area contributed by atoms with Crippen LogP contribution >= 0.6 is 11.3 Å². The monoisotopic (exact) mass is 299 g/mol. The van der Waals surface area contributed by atoms with Crippen LogP contribution in [0.15, 0.2) is 6.07 Å². The highest BCUT2D eigenvalue weighted by molar-refractivity contribution is 7.16. The van der Waals surface area contributed by atoms with Crippen LogP contribution in [0.4, 0.5) is 10.7 Å². The van der Waals surface area contributed by atoms with Gasteiger partial charge in [-0.3, -0.25) is 10.1 Å². The van der Waals surface area contributed by atoms with Crippen molar-refractivity contribution in [2.24, 2.45) is 0 Å². The fourth-order valence-electron chi connectivity index (χ4n) is 2.51. The van der Waals surface area contributed by atoms with Crippen LogP contribution in [0.5, 0.6) is 0 Å². The standard InChI is InChI=1S/C13H21N3O3S/c1-9(17)12-7-11(16(18)19)13(20-12)15-6-4-5-10(8-15)14(2)3/h7,9-10,17H,4-6,8H2,1-3H3/t9-,10?/m0/s1. The number of anilines is 1. The van der Waals surface area contributed by atoms with Crippen molar-refractivity contribution in [3.05, 3.63) is 21.1 Å². The molecule has 7 heteroatoms. The van der Waals surface area contributed by atoms with E-state index in [1.165, 1.54) is 17.4 Å². The molecule has 1 N–H and O–H groups in total. The van der Waals surface area contributed by atoms with Crippen molar-refractivity contribution >= 4 is 22.0 Å². The Morgan fingerprint density at radius 3 is 2.85 bits per heavy atom. The van der Waals surface area contributed by atoms with Gasteiger partial charge in [-0.2, -0.15) is 0 Å². The summed E-state index contributed by atoms with van der Waals surface area (Å²) in [4.78, 5) is 15.8. The van der Waals surface area contributed by atoms with Crippen LogP contribution < -0.4 is 4.90 Å². The molecule has 2 atom stereocenters. The number of aliphatic hydroxyl groups excluding tert-OH is 1. The van der Waals surface area contributed by atoms with E-state index >= 15 is 0 Å². The van der Waals surface area contributed by atoms with Gasteiger partial charge in [0, 0.05) is 30.1 Å². The summed E-state index contributed by atoms with van der Waals surface area (Å²) in [5.41, 5.74) is 0.116. The Morgan fingerprint density at radius 2 is 2.30 bits per heavy atom. The van der Waals surface area contributed by atoms with Gasteiger partial charge in [0.1, 0.15) is 0 Å². The minimum absolute atomic E-state index is 0.116. The molecule has 112 valence electrons. The maximum atomic E-state index is 11.2. The number of likely N-dealkylation sites (N-methyl/N-ethyl adjacent to an activating group) is 1. The van der Waals surface area contributed by atoms with Crippen molar-refractivity contribution in [3.63, 3.8) is 0 Å². The maximum Gasteiger partial charge on any atom is 0.304 e. The van der Waals surface area contributed by atoms with E-state index in [2.05, 4.69) is 9.80 Å². The lowest BCUT2D eigenvalue weighted by Crippen LogP contribution is -2.45. The number of piperidine rings is 1. The van der Waals surface area contributed by atoms with E-state index in [0.29, 0.717) is 15.9 Å². The van der Waals surface area contributed by atoms with E-state index in [0.717, 1.165) is 25.9 Å². The summed E-state index contributed by atoms with van der Waals surface area (Å²) in [6.07, 6.45) is 1.48. The molecule has 2 rings (SSSR count). The summed E-state index contributed by atoms with van der Waals surface area (Å²) in [6.45, 7) is 3.27. The van der Waals surface area contributed by atoms with Gasteiger partial charge in [-0.1, -0.05) is 0 Å². The van der Waals surface area contributed by atoms with E-state index in [9.17, 15) is 15.2 Å². The van der Waals surface area contributed by atoms with Gasteiger partial charge in [-0.25, -0.2) is 0 Å². The molecule has 0 bridgehead atoms. The topological polar surface area (TPSA) is 69.8 Å². The smallest absolute Gasteiger partial charge is 0.304 e. The van der Waals surface area contributed by atoms with Gasteiger partial charge < -0.3 is 14.9 Å². The van der Waals surface area contributed by atoms with Crippen molar-refractivity contribution < 1.29 is 10.0 Å². The molecule has 2 heterocycles. The normalized spacial score (nSPS) is 21.2. The Bertz CT molecular complexity index is 487. The molecule has 0 amide bonds. The zero-order chi connectivity index (χ0) is 14.9. The molecule has 1 aromatic rings. The van der Waals surface area contributed by atoms with E-state index in [-0.39, 0.29) is 10.6 Å². The second kappa shape index (κ2) is 6.07. The summed E-state index contributed by atoms with van der Waals surface area (Å²) < 4.78 is 0. The van der Waals surface area contributed by atoms with Crippen molar-refractivity contribution in [1.82, 2.24) is 4.90 Å². The first kappa shape index (κ1) is 15.2. The first-order valence-electron chi connectivity index (χ1n) is 6.77. The minimum atomic E-state index is -0.665. The summed E-state index contributed by atoms with van der Waals surface area (Å²) >= 11 is 1.33. The Hall–Kier alpha value is -1.18. The zero-order valence-electron chi connectivity index (χ0n) is 12.1. The average molecular weight is 299 g/mol. The minimum Gasteiger partial charge on any atom is -0.388 e. The molecule has 6 nitrogen and oxygen atoms in total. The molecular weight excluding hydrogens is 278 g/mol. The predicted octanol–water partition coefficient (Wildman–Crippen LogP) is 2.24. The summed E-state index contributed by atoms with van der Waals surface area (Å²) in [7, 11) is 4.08. The second-order valence-corrected chi connectivity index (χ2v) is 6.54. The van der Waals surface area contributed by atoms with Gasteiger partial charge >= 0.3 is 5.69 Å². The van der Waals surface area contributed by atoms with Gasteiger partial charge in [-0.15, -0.1) is 11.3 Å². The molecule has 0 aromatic carbocycles. The SMILES string of the molecule is C[C@H](O)c1cc([N+](=O)[O-])c(N2CCCC(N(C)C)C2)s1. The predicted molar refractivity (Wildman–Crippen MR) is 80.5 cm³/mol. The van der Waals surface area contributed by atoms with Gasteiger partial charge in [0.15, 0.2) is 5.00 Å². The Kier molecular flexibility index (Phi) is 4.62. The van der Waals surface area contributed by atoms with Crippen LogP contribution in [0.3, 0.4) is 0 Å². The molecule has 1 unspecified atom stereocenters. The van der Waals surface area contributed by atoms with Gasteiger partial charge in [0.05, 0.1) is 11.0 Å². The van der Waals surface area contributed by atoms with Crippen molar-refractivity contribution in [2.75, 3.05) is 32.1 Å². The summed E-state index contributed by atoms with van der Waals surface area (Å²) in [5.74, 6) is 0. The summed E-state index contributed by atoms with van der Waals surface area (Å²) in [6, 6.07) is 1.92. The van der Waals surface area contributed by atoms with Crippen LogP contribution in [0, 0.1) is 10.1 Å². The summed E-state index contributed by atoms with van der Waals surface area (Å²) in [5, 5.41) is 21.5. The van der Waals surface area contributed by atoms with Crippen molar-refractivity contribution in [2.45, 2.75) is 31.9 Å². The van der Waals surface area contributed by atoms with Crippen LogP contribution in [-0.4, -0.2) is 48.2 Å². The number of hydrogen-bond acceptors (Lipinski definition) is 6. The first-order valence-corrected chi connectivity index (χ1v) is 7.59. The van der Waals surface area contributed by atoms with Crippen molar-refractivity contribution in [1.29, 1.82) is 0 Å². The number of nitrogens with zero attached hydrogens (tertiary/aromatic N) is 3. The Balaban J connectivity index is 2.28. The fraction of sp³-hybridized carbons (Fsp3) is 0.692. The quantitative estimate of drug-likeness (QED) is 0.682. The Labute approximate surface area is 122 Å². The van der Waals surface area contributed by atoms with Crippen LogP contribution in [0.25, 0.3) is 0 Å². The number of nitro groups is 1. The lowest BCUT2D eigenvalue weighted by molar-refractivity contribution is -0.383. The highest BCUT2D eigenvalue weighted by Crippen LogP contribution is 2.41. The molecule has 0 radical (unpaired) electrons. The van der Waals surface area contributed by atoms with Crippen molar-refractivity contribution in [3.8, 4) is 0 Å². The molecule has 0 spiro atoms. The average Bonchev–Trinajstić information content (AvgIpc) is 2.84. The van der Waals surface area contributed by atoms with E-state index < -0.39 is 6.10 Å². The lowest BCUT2D eigenvalue weighted by Gasteiger charge is -2.36. The number of hydrogen-bond donors (Lipinski definition) is 1. The number of thiophene rings is 1. The second-order valence-electron chi connectivity index (χ2n) is 5.48. The van der Waals surface area contributed by atoms with Crippen LogP contribution in [0.1, 0.15) is 30.7 Å². The molecule has 0 saturated carbocycles.